The van der Waals surface area contributed by atoms with Gasteiger partial charge in [0.2, 0.25) is 0 Å². The molecule has 8 heteroatoms. The van der Waals surface area contributed by atoms with Crippen LogP contribution >= 0.6 is 0 Å². The smallest absolute Gasteiger partial charge is 0.300 e. The average molecular weight is 549 g/mol. The van der Waals surface area contributed by atoms with E-state index in [1.807, 2.05) is 13.8 Å². The number of aliphatic hydroxyl groups excluding tert-OH is 1. The Hall–Kier alpha value is -4.98. The van der Waals surface area contributed by atoms with Crippen molar-refractivity contribution in [1.82, 2.24) is 0 Å². The summed E-state index contributed by atoms with van der Waals surface area (Å²) in [5.41, 5.74) is -1.71. The van der Waals surface area contributed by atoms with Crippen molar-refractivity contribution >= 4 is 40.5 Å². The fourth-order valence-electron chi connectivity index (χ4n) is 6.27. The minimum absolute atomic E-state index is 0.0400. The van der Waals surface area contributed by atoms with Gasteiger partial charge in [0.15, 0.2) is 11.3 Å². The predicted molar refractivity (Wildman–Crippen MR) is 153 cm³/mol. The van der Waals surface area contributed by atoms with Crippen molar-refractivity contribution in [2.24, 2.45) is 5.41 Å². The van der Waals surface area contributed by atoms with Crippen LogP contribution in [0.25, 0.3) is 5.76 Å². The van der Waals surface area contributed by atoms with E-state index in [1.54, 1.807) is 84.9 Å². The second-order valence-corrected chi connectivity index (χ2v) is 11.2. The number of allylic oxidation sites excluding steroid dienone is 1. The number of rotatable bonds is 4. The summed E-state index contributed by atoms with van der Waals surface area (Å²) in [7, 11) is 1.53. The highest BCUT2D eigenvalue weighted by Gasteiger charge is 2.71. The minimum Gasteiger partial charge on any atom is -0.507 e. The number of fused-ring (bicyclic) bond motifs is 1. The zero-order valence-corrected chi connectivity index (χ0v) is 22.9. The number of Topliss-reactive ketones (excluding diaryl/α,β-unsaturated/α-hetero) is 2. The van der Waals surface area contributed by atoms with Crippen molar-refractivity contribution < 1.29 is 29.0 Å². The van der Waals surface area contributed by atoms with Gasteiger partial charge in [0.25, 0.3) is 11.7 Å². The number of carbonyl (C=O) groups is 4. The van der Waals surface area contributed by atoms with Crippen LogP contribution in [0.5, 0.6) is 5.75 Å². The molecule has 0 aromatic heterocycles. The van der Waals surface area contributed by atoms with E-state index in [9.17, 15) is 19.5 Å². The number of ether oxygens (including phenoxy) is 1. The Morgan fingerprint density at radius 1 is 0.805 bits per heavy atom. The standard InChI is InChI=1S/C33H28N2O6/c1-32(2)18-24-26(25(36)19-32)33(31(40)34(24)21-14-16-23(41-3)17-15-21)27(28(37)20-10-6-4-7-11-20)29(38)30(39)35(33)22-12-8-5-9-13-22/h4-17,37H,18-19H2,1-3H3/b28-27-. The van der Waals surface area contributed by atoms with Crippen molar-refractivity contribution in [3.8, 4) is 5.75 Å². The van der Waals surface area contributed by atoms with Gasteiger partial charge in [0, 0.05) is 29.1 Å². The lowest BCUT2D eigenvalue weighted by atomic mass is 9.70. The van der Waals surface area contributed by atoms with Crippen LogP contribution in [0.15, 0.2) is 102 Å². The Labute approximate surface area is 237 Å². The highest BCUT2D eigenvalue weighted by molar-refractivity contribution is 6.56. The molecular formula is C33H28N2O6. The molecule has 1 aliphatic carbocycles. The fraction of sp³-hybridized carbons (Fsp3) is 0.212. The minimum atomic E-state index is -2.20. The third-order valence-electron chi connectivity index (χ3n) is 7.95. The molecule has 41 heavy (non-hydrogen) atoms. The molecule has 2 amide bonds. The molecule has 3 aromatic rings. The summed E-state index contributed by atoms with van der Waals surface area (Å²) in [6, 6.07) is 23.4. The van der Waals surface area contributed by atoms with E-state index in [4.69, 9.17) is 4.74 Å². The van der Waals surface area contributed by atoms with E-state index in [0.717, 1.165) is 4.90 Å². The predicted octanol–water partition coefficient (Wildman–Crippen LogP) is 5.01. The number of hydrogen-bond donors (Lipinski definition) is 1. The number of aliphatic hydroxyl groups is 1. The molecule has 1 saturated heterocycles. The molecule has 206 valence electrons. The van der Waals surface area contributed by atoms with E-state index < -0.39 is 39.9 Å². The molecule has 8 nitrogen and oxygen atoms in total. The summed E-state index contributed by atoms with van der Waals surface area (Å²) in [4.78, 5) is 59.5. The van der Waals surface area contributed by atoms with E-state index in [1.165, 1.54) is 12.0 Å². The van der Waals surface area contributed by atoms with Gasteiger partial charge in [-0.25, -0.2) is 0 Å². The third-order valence-corrected chi connectivity index (χ3v) is 7.95. The van der Waals surface area contributed by atoms with Gasteiger partial charge in [0.05, 0.1) is 18.3 Å². The molecule has 1 fully saturated rings. The van der Waals surface area contributed by atoms with Gasteiger partial charge < -0.3 is 9.84 Å². The normalized spacial score (nSPS) is 23.0. The molecule has 3 aliphatic rings. The van der Waals surface area contributed by atoms with Gasteiger partial charge in [-0.1, -0.05) is 62.4 Å². The van der Waals surface area contributed by atoms with Crippen LogP contribution in [0.4, 0.5) is 11.4 Å². The first-order valence-electron chi connectivity index (χ1n) is 13.3. The second kappa shape index (κ2) is 9.30. The van der Waals surface area contributed by atoms with E-state index in [0.29, 0.717) is 23.6 Å². The van der Waals surface area contributed by atoms with Crippen LogP contribution in [0.2, 0.25) is 0 Å². The van der Waals surface area contributed by atoms with Gasteiger partial charge in [0.1, 0.15) is 11.5 Å². The van der Waals surface area contributed by atoms with E-state index in [-0.39, 0.29) is 29.0 Å². The molecule has 1 N–H and O–H groups in total. The lowest BCUT2D eigenvalue weighted by molar-refractivity contribution is -0.132. The molecule has 1 spiro atoms. The van der Waals surface area contributed by atoms with Crippen LogP contribution in [0, 0.1) is 5.41 Å². The summed E-state index contributed by atoms with van der Waals surface area (Å²) < 4.78 is 5.30. The van der Waals surface area contributed by atoms with Gasteiger partial charge in [-0.2, -0.15) is 0 Å². The second-order valence-electron chi connectivity index (χ2n) is 11.2. The monoisotopic (exact) mass is 548 g/mol. The number of nitrogens with zero attached hydrogens (tertiary/aromatic N) is 2. The summed E-state index contributed by atoms with van der Waals surface area (Å²) in [6.45, 7) is 3.88. The number of ketones is 2. The molecule has 0 saturated carbocycles. The summed E-state index contributed by atoms with van der Waals surface area (Å²) in [5, 5.41) is 11.7. The Morgan fingerprint density at radius 2 is 1.41 bits per heavy atom. The first-order valence-corrected chi connectivity index (χ1v) is 13.3. The number of hydrogen-bond acceptors (Lipinski definition) is 6. The number of para-hydroxylation sites is 1. The molecule has 0 bridgehead atoms. The lowest BCUT2D eigenvalue weighted by Gasteiger charge is -2.37. The topological polar surface area (TPSA) is 104 Å². The quantitative estimate of drug-likeness (QED) is 0.279. The zero-order chi connectivity index (χ0) is 29.1. The molecule has 0 radical (unpaired) electrons. The maximum Gasteiger partial charge on any atom is 0.300 e. The number of amides is 2. The van der Waals surface area contributed by atoms with Crippen LogP contribution in [-0.4, -0.2) is 41.1 Å². The number of anilines is 2. The fourth-order valence-corrected chi connectivity index (χ4v) is 6.27. The molecule has 1 unspecified atom stereocenters. The molecule has 2 heterocycles. The Morgan fingerprint density at radius 3 is 2.02 bits per heavy atom. The zero-order valence-electron chi connectivity index (χ0n) is 22.9. The molecule has 2 aliphatic heterocycles. The summed E-state index contributed by atoms with van der Waals surface area (Å²) in [6.07, 6.45) is 0.430. The number of benzene rings is 3. The lowest BCUT2D eigenvalue weighted by Crippen LogP contribution is -2.56. The molecular weight excluding hydrogens is 520 g/mol. The van der Waals surface area contributed by atoms with Crippen LogP contribution in [0.3, 0.4) is 0 Å². The van der Waals surface area contributed by atoms with Crippen LogP contribution < -0.4 is 14.5 Å². The summed E-state index contributed by atoms with van der Waals surface area (Å²) >= 11 is 0. The highest BCUT2D eigenvalue weighted by atomic mass is 16.5. The molecule has 1 atom stereocenters. The third kappa shape index (κ3) is 3.74. The van der Waals surface area contributed by atoms with Gasteiger partial charge >= 0.3 is 5.91 Å². The Balaban J connectivity index is 1.73. The van der Waals surface area contributed by atoms with Crippen LogP contribution in [-0.2, 0) is 19.2 Å². The molecule has 3 aromatic carbocycles. The van der Waals surface area contributed by atoms with Crippen molar-refractivity contribution in [3.05, 3.63) is 107 Å². The van der Waals surface area contributed by atoms with Gasteiger partial charge in [-0.15, -0.1) is 0 Å². The Bertz CT molecular complexity index is 1670. The maximum absolute atomic E-state index is 15.0. The molecule has 6 rings (SSSR count). The SMILES string of the molecule is COc1ccc(N2C(=O)C3(C4=C2CC(C)(C)CC4=O)/C(=C(\O)c2ccccc2)C(=O)C(=O)N3c2ccccc2)cc1. The Kier molecular flexibility index (Phi) is 5.95. The number of carbonyl (C=O) groups excluding carboxylic acids is 4. The van der Waals surface area contributed by atoms with Crippen molar-refractivity contribution in [2.75, 3.05) is 16.9 Å². The first kappa shape index (κ1) is 26.3. The van der Waals surface area contributed by atoms with Crippen molar-refractivity contribution in [3.63, 3.8) is 0 Å². The van der Waals surface area contributed by atoms with Crippen LogP contribution in [0.1, 0.15) is 32.3 Å². The highest BCUT2D eigenvalue weighted by Crippen LogP contribution is 2.56. The average Bonchev–Trinajstić information content (AvgIpc) is 3.34. The summed E-state index contributed by atoms with van der Waals surface area (Å²) in [5.74, 6) is -3.02. The van der Waals surface area contributed by atoms with E-state index >= 15 is 4.79 Å². The van der Waals surface area contributed by atoms with E-state index in [2.05, 4.69) is 0 Å². The van der Waals surface area contributed by atoms with Gasteiger partial charge in [-0.3, -0.25) is 29.0 Å². The first-order chi connectivity index (χ1) is 19.6. The number of methoxy groups -OCH3 is 1. The van der Waals surface area contributed by atoms with Crippen molar-refractivity contribution in [2.45, 2.75) is 32.2 Å². The van der Waals surface area contributed by atoms with Crippen molar-refractivity contribution in [1.29, 1.82) is 0 Å². The largest absolute Gasteiger partial charge is 0.507 e. The van der Waals surface area contributed by atoms with Gasteiger partial charge in [-0.05, 0) is 48.2 Å². The maximum atomic E-state index is 15.0.